The summed E-state index contributed by atoms with van der Waals surface area (Å²) in [6.07, 6.45) is -3.94. The van der Waals surface area contributed by atoms with E-state index in [1.165, 1.54) is 26.1 Å². The lowest BCUT2D eigenvalue weighted by Gasteiger charge is -2.39. The number of hydrogen-bond donors (Lipinski definition) is 1. The molecule has 144 valence electrons. The molecule has 1 aliphatic rings. The minimum absolute atomic E-state index is 0.0111. The van der Waals surface area contributed by atoms with E-state index in [4.69, 9.17) is 11.6 Å². The van der Waals surface area contributed by atoms with Gasteiger partial charge in [-0.3, -0.25) is 4.79 Å². The second-order valence-electron chi connectivity index (χ2n) is 5.60. The molecule has 6 nitrogen and oxygen atoms in total. The molecule has 26 heavy (non-hydrogen) atoms. The van der Waals surface area contributed by atoms with E-state index >= 15 is 0 Å². The van der Waals surface area contributed by atoms with Crippen LogP contribution in [0.25, 0.3) is 0 Å². The quantitative estimate of drug-likeness (QED) is 0.808. The van der Waals surface area contributed by atoms with E-state index in [2.05, 4.69) is 4.72 Å². The lowest BCUT2D eigenvalue weighted by molar-refractivity contribution is -0.182. The summed E-state index contributed by atoms with van der Waals surface area (Å²) in [5.41, 5.74) is -0.225. The predicted octanol–water partition coefficient (Wildman–Crippen LogP) is 2.46. The number of carbonyl (C=O) groups excluding carboxylic acids is 1. The zero-order valence-corrected chi connectivity index (χ0v) is 15.5. The Morgan fingerprint density at radius 2 is 1.85 bits per heavy atom. The molecule has 1 unspecified atom stereocenters. The highest BCUT2D eigenvalue weighted by Crippen LogP contribution is 2.41. The van der Waals surface area contributed by atoms with Gasteiger partial charge in [-0.05, 0) is 17.7 Å². The summed E-state index contributed by atoms with van der Waals surface area (Å²) in [4.78, 5) is 13.5. The SMILES string of the molecule is CCNS(=O)(=O)C1=CN(C)C(=O)CN1C(c1ccc(Cl)cc1)C(F)(F)F. The van der Waals surface area contributed by atoms with Gasteiger partial charge < -0.3 is 9.80 Å². The van der Waals surface area contributed by atoms with Crippen LogP contribution in [0, 0.1) is 0 Å². The minimum atomic E-state index is -4.83. The Balaban J connectivity index is 2.62. The molecule has 0 spiro atoms. The second kappa shape index (κ2) is 7.45. The molecular weight excluding hydrogens is 395 g/mol. The summed E-state index contributed by atoms with van der Waals surface area (Å²) in [5, 5.41) is -0.390. The van der Waals surface area contributed by atoms with E-state index in [9.17, 15) is 26.4 Å². The summed E-state index contributed by atoms with van der Waals surface area (Å²) in [6, 6.07) is 2.53. The molecule has 0 aromatic heterocycles. The summed E-state index contributed by atoms with van der Waals surface area (Å²) in [7, 11) is -2.96. The molecule has 1 aliphatic heterocycles. The summed E-state index contributed by atoms with van der Waals surface area (Å²) < 4.78 is 68.5. The van der Waals surface area contributed by atoms with Crippen molar-refractivity contribution in [2.75, 3.05) is 20.1 Å². The number of hydrogen-bond acceptors (Lipinski definition) is 4. The van der Waals surface area contributed by atoms with Crippen LogP contribution in [0.4, 0.5) is 13.2 Å². The summed E-state index contributed by atoms with van der Waals surface area (Å²) in [6.45, 7) is 0.753. The molecule has 1 atom stereocenters. The van der Waals surface area contributed by atoms with Crippen molar-refractivity contribution in [1.29, 1.82) is 0 Å². The Labute approximate surface area is 154 Å². The molecule has 0 saturated carbocycles. The third-order valence-corrected chi connectivity index (χ3v) is 5.51. The topological polar surface area (TPSA) is 69.7 Å². The van der Waals surface area contributed by atoms with Crippen LogP contribution in [0.2, 0.25) is 5.02 Å². The van der Waals surface area contributed by atoms with Crippen molar-refractivity contribution in [2.45, 2.75) is 19.1 Å². The molecule has 2 rings (SSSR count). The van der Waals surface area contributed by atoms with E-state index in [1.807, 2.05) is 0 Å². The molecule has 0 aliphatic carbocycles. The fourth-order valence-corrected chi connectivity index (χ4v) is 3.97. The van der Waals surface area contributed by atoms with E-state index in [1.54, 1.807) is 0 Å². The van der Waals surface area contributed by atoms with Gasteiger partial charge in [-0.1, -0.05) is 30.7 Å². The molecule has 0 bridgehead atoms. The minimum Gasteiger partial charge on any atom is -0.335 e. The standard InChI is InChI=1S/C15H17ClF3N3O3S/c1-3-20-26(24,25)13-9-21(2)12(23)8-22(13)14(15(17,18)19)10-4-6-11(16)7-5-10/h4-7,9,14,20H,3,8H2,1-2H3. The van der Waals surface area contributed by atoms with Gasteiger partial charge in [0.15, 0.2) is 11.1 Å². The van der Waals surface area contributed by atoms with Gasteiger partial charge in [0, 0.05) is 24.8 Å². The zero-order valence-electron chi connectivity index (χ0n) is 13.9. The first-order valence-electron chi connectivity index (χ1n) is 7.53. The average Bonchev–Trinajstić information content (AvgIpc) is 2.51. The van der Waals surface area contributed by atoms with Crippen molar-refractivity contribution in [3.05, 3.63) is 46.1 Å². The van der Waals surface area contributed by atoms with Crippen LogP contribution in [-0.2, 0) is 14.8 Å². The first-order chi connectivity index (χ1) is 12.0. The van der Waals surface area contributed by atoms with Gasteiger partial charge in [0.05, 0.1) is 6.54 Å². The Morgan fingerprint density at radius 1 is 1.27 bits per heavy atom. The van der Waals surface area contributed by atoms with E-state index in [-0.39, 0.29) is 17.1 Å². The summed E-state index contributed by atoms with van der Waals surface area (Å²) in [5.74, 6) is -0.663. The smallest absolute Gasteiger partial charge is 0.335 e. The first kappa shape index (κ1) is 20.5. The first-order valence-corrected chi connectivity index (χ1v) is 9.39. The number of halogens is 4. The third-order valence-electron chi connectivity index (χ3n) is 3.70. The number of amides is 1. The van der Waals surface area contributed by atoms with Gasteiger partial charge >= 0.3 is 6.18 Å². The van der Waals surface area contributed by atoms with Crippen molar-refractivity contribution in [2.24, 2.45) is 0 Å². The Hall–Kier alpha value is -1.78. The number of sulfonamides is 1. The number of likely N-dealkylation sites (N-methyl/N-ethyl adjacent to an activating group) is 1. The van der Waals surface area contributed by atoms with Crippen LogP contribution in [0.15, 0.2) is 35.5 Å². The Kier molecular flexibility index (Phi) is 5.89. The lowest BCUT2D eigenvalue weighted by Crippen LogP contribution is -2.50. The molecule has 1 amide bonds. The number of carbonyl (C=O) groups is 1. The molecule has 1 aromatic carbocycles. The number of nitrogens with one attached hydrogen (secondary N) is 1. The van der Waals surface area contributed by atoms with Crippen LogP contribution in [0.5, 0.6) is 0 Å². The van der Waals surface area contributed by atoms with Crippen molar-refractivity contribution in [3.8, 4) is 0 Å². The molecular formula is C15H17ClF3N3O3S. The third kappa shape index (κ3) is 4.30. The van der Waals surface area contributed by atoms with Gasteiger partial charge in [-0.2, -0.15) is 13.2 Å². The Morgan fingerprint density at radius 3 is 2.35 bits per heavy atom. The molecule has 1 N–H and O–H groups in total. The van der Waals surface area contributed by atoms with E-state index < -0.39 is 39.7 Å². The maximum Gasteiger partial charge on any atom is 0.413 e. The fourth-order valence-electron chi connectivity index (χ4n) is 2.54. The van der Waals surface area contributed by atoms with Crippen molar-refractivity contribution in [3.63, 3.8) is 0 Å². The van der Waals surface area contributed by atoms with Crippen LogP contribution >= 0.6 is 11.6 Å². The van der Waals surface area contributed by atoms with Crippen LogP contribution in [0.1, 0.15) is 18.5 Å². The van der Waals surface area contributed by atoms with Gasteiger partial charge in [-0.25, -0.2) is 13.1 Å². The average molecular weight is 412 g/mol. The molecule has 0 fully saturated rings. The van der Waals surface area contributed by atoms with Crippen molar-refractivity contribution in [1.82, 2.24) is 14.5 Å². The number of rotatable bonds is 5. The Bertz CT molecular complexity index is 810. The van der Waals surface area contributed by atoms with Gasteiger partial charge in [-0.15, -0.1) is 0 Å². The highest BCUT2D eigenvalue weighted by Gasteiger charge is 2.49. The van der Waals surface area contributed by atoms with E-state index in [0.717, 1.165) is 23.2 Å². The molecule has 0 radical (unpaired) electrons. The maximum atomic E-state index is 13.8. The predicted molar refractivity (Wildman–Crippen MR) is 90.4 cm³/mol. The lowest BCUT2D eigenvalue weighted by atomic mass is 10.0. The highest BCUT2D eigenvalue weighted by molar-refractivity contribution is 7.93. The van der Waals surface area contributed by atoms with Crippen molar-refractivity contribution < 1.29 is 26.4 Å². The molecule has 1 aromatic rings. The summed E-state index contributed by atoms with van der Waals surface area (Å²) >= 11 is 5.73. The monoisotopic (exact) mass is 411 g/mol. The van der Waals surface area contributed by atoms with Gasteiger partial charge in [0.25, 0.3) is 10.0 Å². The van der Waals surface area contributed by atoms with Gasteiger partial charge in [0.2, 0.25) is 5.91 Å². The normalized spacial score (nSPS) is 17.3. The maximum absolute atomic E-state index is 13.8. The molecule has 0 saturated heterocycles. The second-order valence-corrected chi connectivity index (χ2v) is 7.75. The number of nitrogens with zero attached hydrogens (tertiary/aromatic N) is 2. The number of benzene rings is 1. The molecule has 11 heteroatoms. The zero-order chi connectivity index (χ0) is 19.7. The number of alkyl halides is 3. The van der Waals surface area contributed by atoms with Crippen LogP contribution in [0.3, 0.4) is 0 Å². The van der Waals surface area contributed by atoms with Crippen molar-refractivity contribution >= 4 is 27.5 Å². The van der Waals surface area contributed by atoms with E-state index in [0.29, 0.717) is 4.90 Å². The highest BCUT2D eigenvalue weighted by atomic mass is 35.5. The van der Waals surface area contributed by atoms with Crippen LogP contribution < -0.4 is 4.72 Å². The molecule has 1 heterocycles. The largest absolute Gasteiger partial charge is 0.413 e. The fraction of sp³-hybridized carbons (Fsp3) is 0.400. The van der Waals surface area contributed by atoms with Gasteiger partial charge in [0.1, 0.15) is 0 Å². The van der Waals surface area contributed by atoms with Crippen LogP contribution in [-0.4, -0.2) is 50.4 Å².